The standard InChI is InChI=1S/C18H23N3O4S/c1-11-19-10-16(26(5,22)23)17(20-11)21-14-9-18(2,3)25-15-7-6-12(24-4)8-13(14)15/h6-8,10,14H,9H2,1-5H3,(H,19,20,21). The first-order valence-corrected chi connectivity index (χ1v) is 10.2. The summed E-state index contributed by atoms with van der Waals surface area (Å²) in [6.45, 7) is 5.72. The molecule has 2 aromatic rings. The molecule has 1 aromatic carbocycles. The Hall–Kier alpha value is -2.35. The molecule has 0 saturated heterocycles. The van der Waals surface area contributed by atoms with E-state index in [-0.39, 0.29) is 10.9 Å². The predicted molar refractivity (Wildman–Crippen MR) is 98.6 cm³/mol. The number of nitrogens with zero attached hydrogens (tertiary/aromatic N) is 2. The molecular weight excluding hydrogens is 354 g/mol. The van der Waals surface area contributed by atoms with E-state index in [1.54, 1.807) is 14.0 Å². The number of rotatable bonds is 4. The fraction of sp³-hybridized carbons (Fsp3) is 0.444. The van der Waals surface area contributed by atoms with Gasteiger partial charge in [-0.05, 0) is 39.0 Å². The highest BCUT2D eigenvalue weighted by Gasteiger charge is 2.35. The van der Waals surface area contributed by atoms with Gasteiger partial charge >= 0.3 is 0 Å². The van der Waals surface area contributed by atoms with Crippen LogP contribution in [0.3, 0.4) is 0 Å². The molecule has 1 aliphatic heterocycles. The van der Waals surface area contributed by atoms with Crippen molar-refractivity contribution in [1.82, 2.24) is 9.97 Å². The predicted octanol–water partition coefficient (Wildman–Crippen LogP) is 2.91. The van der Waals surface area contributed by atoms with E-state index < -0.39 is 15.4 Å². The van der Waals surface area contributed by atoms with Gasteiger partial charge in [-0.3, -0.25) is 0 Å². The second-order valence-corrected chi connectivity index (χ2v) is 9.05. The first kappa shape index (κ1) is 18.4. The van der Waals surface area contributed by atoms with Crippen LogP contribution >= 0.6 is 0 Å². The van der Waals surface area contributed by atoms with Crippen molar-refractivity contribution in [2.75, 3.05) is 18.7 Å². The minimum atomic E-state index is -3.46. The highest BCUT2D eigenvalue weighted by Crippen LogP contribution is 2.42. The summed E-state index contributed by atoms with van der Waals surface area (Å²) in [5.41, 5.74) is 0.492. The summed E-state index contributed by atoms with van der Waals surface area (Å²) in [4.78, 5) is 8.43. The van der Waals surface area contributed by atoms with Crippen molar-refractivity contribution in [3.8, 4) is 11.5 Å². The molecule has 140 valence electrons. The largest absolute Gasteiger partial charge is 0.497 e. The molecule has 0 aliphatic carbocycles. The summed E-state index contributed by atoms with van der Waals surface area (Å²) < 4.78 is 35.6. The van der Waals surface area contributed by atoms with Crippen molar-refractivity contribution in [3.63, 3.8) is 0 Å². The second-order valence-electron chi connectivity index (χ2n) is 7.07. The third-order valence-corrected chi connectivity index (χ3v) is 5.36. The van der Waals surface area contributed by atoms with Crippen molar-refractivity contribution in [2.45, 2.75) is 43.7 Å². The van der Waals surface area contributed by atoms with Crippen molar-refractivity contribution in [3.05, 3.63) is 35.8 Å². The monoisotopic (exact) mass is 377 g/mol. The first-order chi connectivity index (χ1) is 12.1. The lowest BCUT2D eigenvalue weighted by Crippen LogP contribution is -2.37. The number of benzene rings is 1. The summed E-state index contributed by atoms with van der Waals surface area (Å²) in [7, 11) is -1.86. The molecule has 1 aliphatic rings. The van der Waals surface area contributed by atoms with Gasteiger partial charge in [-0.1, -0.05) is 0 Å². The van der Waals surface area contributed by atoms with E-state index in [9.17, 15) is 8.42 Å². The molecule has 0 fully saturated rings. The van der Waals surface area contributed by atoms with Crippen LogP contribution in [-0.2, 0) is 9.84 Å². The number of aryl methyl sites for hydroxylation is 1. The molecule has 1 aromatic heterocycles. The molecule has 1 unspecified atom stereocenters. The maximum atomic E-state index is 12.1. The van der Waals surface area contributed by atoms with E-state index in [1.807, 2.05) is 32.0 Å². The van der Waals surface area contributed by atoms with Crippen LogP contribution in [0.25, 0.3) is 0 Å². The van der Waals surface area contributed by atoms with Gasteiger partial charge in [0.05, 0.1) is 19.3 Å². The van der Waals surface area contributed by atoms with Crippen molar-refractivity contribution >= 4 is 15.7 Å². The van der Waals surface area contributed by atoms with Crippen LogP contribution in [0.5, 0.6) is 11.5 Å². The molecule has 0 spiro atoms. The maximum absolute atomic E-state index is 12.1. The molecule has 3 rings (SSSR count). The average molecular weight is 377 g/mol. The summed E-state index contributed by atoms with van der Waals surface area (Å²) in [5, 5.41) is 3.29. The molecule has 8 heteroatoms. The highest BCUT2D eigenvalue weighted by atomic mass is 32.2. The third-order valence-electron chi connectivity index (χ3n) is 4.26. The lowest BCUT2D eigenvalue weighted by Gasteiger charge is -2.38. The van der Waals surface area contributed by atoms with Gasteiger partial charge in [-0.15, -0.1) is 0 Å². The zero-order valence-electron chi connectivity index (χ0n) is 15.5. The molecular formula is C18H23N3O4S. The van der Waals surface area contributed by atoms with Crippen LogP contribution in [-0.4, -0.2) is 37.4 Å². The summed E-state index contributed by atoms with van der Waals surface area (Å²) >= 11 is 0. The summed E-state index contributed by atoms with van der Waals surface area (Å²) in [6.07, 6.45) is 3.13. The Labute approximate surface area is 153 Å². The SMILES string of the molecule is COc1ccc2c(c1)C(Nc1nc(C)ncc1S(C)(=O)=O)CC(C)(C)O2. The van der Waals surface area contributed by atoms with E-state index in [0.717, 1.165) is 17.6 Å². The number of hydrogen-bond acceptors (Lipinski definition) is 7. The quantitative estimate of drug-likeness (QED) is 0.876. The summed E-state index contributed by atoms with van der Waals surface area (Å²) in [5.74, 6) is 2.25. The molecule has 0 radical (unpaired) electrons. The number of aromatic nitrogens is 2. The van der Waals surface area contributed by atoms with Crippen LogP contribution in [0.2, 0.25) is 0 Å². The van der Waals surface area contributed by atoms with Gasteiger partial charge < -0.3 is 14.8 Å². The number of sulfone groups is 1. The molecule has 1 N–H and O–H groups in total. The molecule has 1 atom stereocenters. The van der Waals surface area contributed by atoms with Gasteiger partial charge in [0.2, 0.25) is 0 Å². The van der Waals surface area contributed by atoms with E-state index in [2.05, 4.69) is 15.3 Å². The van der Waals surface area contributed by atoms with Crippen molar-refractivity contribution < 1.29 is 17.9 Å². The van der Waals surface area contributed by atoms with Crippen LogP contribution in [0.4, 0.5) is 5.82 Å². The minimum Gasteiger partial charge on any atom is -0.497 e. The van der Waals surface area contributed by atoms with Gasteiger partial charge in [0, 0.05) is 18.2 Å². The van der Waals surface area contributed by atoms with Gasteiger partial charge in [-0.2, -0.15) is 0 Å². The van der Waals surface area contributed by atoms with Crippen LogP contribution in [0.1, 0.15) is 37.7 Å². The average Bonchev–Trinajstić information content (AvgIpc) is 2.52. The first-order valence-electron chi connectivity index (χ1n) is 8.26. The maximum Gasteiger partial charge on any atom is 0.180 e. The molecule has 0 bridgehead atoms. The summed E-state index contributed by atoms with van der Waals surface area (Å²) in [6, 6.07) is 5.43. The lowest BCUT2D eigenvalue weighted by molar-refractivity contribution is 0.0756. The van der Waals surface area contributed by atoms with Gasteiger partial charge in [0.25, 0.3) is 0 Å². The van der Waals surface area contributed by atoms with E-state index in [1.165, 1.54) is 6.20 Å². The number of ether oxygens (including phenoxy) is 2. The van der Waals surface area contributed by atoms with Crippen molar-refractivity contribution in [1.29, 1.82) is 0 Å². The zero-order chi connectivity index (χ0) is 19.1. The number of anilines is 1. The Morgan fingerprint density at radius 2 is 2.08 bits per heavy atom. The van der Waals surface area contributed by atoms with Gasteiger partial charge in [-0.25, -0.2) is 18.4 Å². The van der Waals surface area contributed by atoms with E-state index in [4.69, 9.17) is 9.47 Å². The Kier molecular flexibility index (Phi) is 4.56. The smallest absolute Gasteiger partial charge is 0.180 e. The Morgan fingerprint density at radius 3 is 2.73 bits per heavy atom. The molecule has 0 saturated carbocycles. The fourth-order valence-electron chi connectivity index (χ4n) is 3.09. The Morgan fingerprint density at radius 1 is 1.35 bits per heavy atom. The molecule has 7 nitrogen and oxygen atoms in total. The lowest BCUT2D eigenvalue weighted by atomic mass is 9.89. The number of methoxy groups -OCH3 is 1. The molecule has 2 heterocycles. The zero-order valence-corrected chi connectivity index (χ0v) is 16.3. The van der Waals surface area contributed by atoms with Crippen LogP contribution < -0.4 is 14.8 Å². The molecule has 0 amide bonds. The number of hydrogen-bond donors (Lipinski definition) is 1. The Bertz CT molecular complexity index is 941. The van der Waals surface area contributed by atoms with E-state index in [0.29, 0.717) is 23.8 Å². The van der Waals surface area contributed by atoms with Crippen LogP contribution in [0.15, 0.2) is 29.3 Å². The Balaban J connectivity index is 2.07. The highest BCUT2D eigenvalue weighted by molar-refractivity contribution is 7.90. The normalized spacial score (nSPS) is 18.6. The van der Waals surface area contributed by atoms with Crippen LogP contribution in [0, 0.1) is 6.92 Å². The second kappa shape index (κ2) is 6.42. The minimum absolute atomic E-state index is 0.0804. The fourth-order valence-corrected chi connectivity index (χ4v) is 3.79. The topological polar surface area (TPSA) is 90.4 Å². The van der Waals surface area contributed by atoms with Gasteiger partial charge in [0.1, 0.15) is 33.6 Å². The third kappa shape index (κ3) is 3.75. The number of fused-ring (bicyclic) bond motifs is 1. The molecule has 26 heavy (non-hydrogen) atoms. The van der Waals surface area contributed by atoms with Crippen molar-refractivity contribution in [2.24, 2.45) is 0 Å². The van der Waals surface area contributed by atoms with Gasteiger partial charge in [0.15, 0.2) is 9.84 Å². The van der Waals surface area contributed by atoms with E-state index >= 15 is 0 Å². The number of nitrogens with one attached hydrogen (secondary N) is 1.